The largest absolute Gasteiger partial charge is 0.390 e. The van der Waals surface area contributed by atoms with Crippen molar-refractivity contribution in [2.45, 2.75) is 24.5 Å². The first-order valence-electron chi connectivity index (χ1n) is 5.98. The quantitative estimate of drug-likeness (QED) is 0.791. The number of aliphatic hydroxyl groups excluding tert-OH is 1. The summed E-state index contributed by atoms with van der Waals surface area (Å²) in [5, 5.41) is 9.50. The van der Waals surface area contributed by atoms with E-state index in [-0.39, 0.29) is 11.5 Å². The molecule has 0 saturated carbocycles. The van der Waals surface area contributed by atoms with Gasteiger partial charge in [-0.1, -0.05) is 23.7 Å². The minimum absolute atomic E-state index is 0.0930. The Bertz CT molecular complexity index is 697. The highest BCUT2D eigenvalue weighted by molar-refractivity contribution is 7.89. The van der Waals surface area contributed by atoms with Gasteiger partial charge in [0.1, 0.15) is 0 Å². The molecule has 5 nitrogen and oxygen atoms in total. The first-order valence-corrected chi connectivity index (χ1v) is 7.84. The van der Waals surface area contributed by atoms with E-state index in [1.165, 1.54) is 12.3 Å². The lowest BCUT2D eigenvalue weighted by atomic mass is 10.1. The van der Waals surface area contributed by atoms with Crippen LogP contribution < -0.4 is 4.72 Å². The second-order valence-corrected chi connectivity index (χ2v) is 6.57. The lowest BCUT2D eigenvalue weighted by Crippen LogP contribution is -2.26. The van der Waals surface area contributed by atoms with Gasteiger partial charge < -0.3 is 10.1 Å². The lowest BCUT2D eigenvalue weighted by molar-refractivity contribution is 0.277. The third kappa shape index (κ3) is 3.40. The van der Waals surface area contributed by atoms with E-state index in [9.17, 15) is 8.42 Å². The van der Waals surface area contributed by atoms with Gasteiger partial charge in [-0.15, -0.1) is 0 Å². The smallest absolute Gasteiger partial charge is 0.242 e. The van der Waals surface area contributed by atoms with E-state index in [0.717, 1.165) is 5.56 Å². The third-order valence-corrected chi connectivity index (χ3v) is 4.63. The minimum Gasteiger partial charge on any atom is -0.390 e. The Labute approximate surface area is 122 Å². The number of aromatic amines is 1. The summed E-state index contributed by atoms with van der Waals surface area (Å²) in [6, 6.07) is 7.99. The molecule has 7 heteroatoms. The third-order valence-electron chi connectivity index (χ3n) is 2.88. The molecule has 1 aromatic carbocycles. The summed E-state index contributed by atoms with van der Waals surface area (Å²) in [5.74, 6) is 0. The number of benzene rings is 1. The summed E-state index contributed by atoms with van der Waals surface area (Å²) in [4.78, 5) is 2.79. The average Bonchev–Trinajstić information content (AvgIpc) is 2.87. The molecule has 0 spiro atoms. The van der Waals surface area contributed by atoms with Gasteiger partial charge in [0.05, 0.1) is 11.5 Å². The van der Waals surface area contributed by atoms with Crippen molar-refractivity contribution in [3.8, 4) is 0 Å². The fraction of sp³-hybridized carbons (Fsp3) is 0.231. The summed E-state index contributed by atoms with van der Waals surface area (Å²) >= 11 is 5.89. The van der Waals surface area contributed by atoms with E-state index in [4.69, 9.17) is 16.7 Å². The summed E-state index contributed by atoms with van der Waals surface area (Å²) in [6.07, 6.45) is 1.35. The molecule has 0 amide bonds. The van der Waals surface area contributed by atoms with Crippen molar-refractivity contribution < 1.29 is 13.5 Å². The number of hydrogen-bond acceptors (Lipinski definition) is 3. The zero-order valence-corrected chi connectivity index (χ0v) is 12.4. The van der Waals surface area contributed by atoms with Crippen LogP contribution in [0.3, 0.4) is 0 Å². The maximum Gasteiger partial charge on any atom is 0.242 e. The molecule has 0 radical (unpaired) electrons. The maximum absolute atomic E-state index is 12.2. The first-order chi connectivity index (χ1) is 9.42. The molecule has 1 aromatic heterocycles. The van der Waals surface area contributed by atoms with Crippen LogP contribution in [0, 0.1) is 0 Å². The van der Waals surface area contributed by atoms with Gasteiger partial charge >= 0.3 is 0 Å². The van der Waals surface area contributed by atoms with Crippen LogP contribution >= 0.6 is 11.6 Å². The first kappa shape index (κ1) is 15.1. The van der Waals surface area contributed by atoms with Crippen molar-refractivity contribution in [2.75, 3.05) is 0 Å². The SMILES string of the molecule is CC(NS(=O)(=O)c1c[nH]c(CO)c1)c1cccc(Cl)c1. The predicted molar refractivity (Wildman–Crippen MR) is 76.9 cm³/mol. The molecule has 2 rings (SSSR count). The molecule has 0 aliphatic rings. The van der Waals surface area contributed by atoms with Gasteiger partial charge in [-0.3, -0.25) is 0 Å². The fourth-order valence-corrected chi connectivity index (χ4v) is 3.26. The van der Waals surface area contributed by atoms with Crippen LogP contribution in [-0.4, -0.2) is 18.5 Å². The Morgan fingerprint density at radius 2 is 2.15 bits per heavy atom. The van der Waals surface area contributed by atoms with Gasteiger partial charge in [0.25, 0.3) is 0 Å². The van der Waals surface area contributed by atoms with Crippen LogP contribution in [0.5, 0.6) is 0 Å². The summed E-state index contributed by atoms with van der Waals surface area (Å²) in [5.41, 5.74) is 1.22. The van der Waals surface area contributed by atoms with Crippen molar-refractivity contribution in [3.63, 3.8) is 0 Å². The molecule has 1 heterocycles. The predicted octanol–water partition coefficient (Wildman–Crippen LogP) is 2.20. The van der Waals surface area contributed by atoms with Crippen molar-refractivity contribution in [1.82, 2.24) is 9.71 Å². The molecule has 0 aliphatic carbocycles. The van der Waals surface area contributed by atoms with Crippen LogP contribution in [0.15, 0.2) is 41.4 Å². The highest BCUT2D eigenvalue weighted by Crippen LogP contribution is 2.20. The molecule has 1 atom stereocenters. The fourth-order valence-electron chi connectivity index (χ4n) is 1.81. The molecular formula is C13H15ClN2O3S. The van der Waals surface area contributed by atoms with E-state index in [2.05, 4.69) is 9.71 Å². The average molecular weight is 315 g/mol. The molecule has 0 fully saturated rings. The zero-order chi connectivity index (χ0) is 14.8. The van der Waals surface area contributed by atoms with Crippen LogP contribution in [0.2, 0.25) is 5.02 Å². The normalized spacial score (nSPS) is 13.3. The number of aliphatic hydroxyl groups is 1. The standard InChI is InChI=1S/C13H15ClN2O3S/c1-9(10-3-2-4-11(14)5-10)16-20(18,19)13-6-12(8-17)15-7-13/h2-7,9,15-17H,8H2,1H3. The van der Waals surface area contributed by atoms with Gasteiger partial charge in [-0.25, -0.2) is 13.1 Å². The monoisotopic (exact) mass is 314 g/mol. The van der Waals surface area contributed by atoms with Crippen LogP contribution in [0.4, 0.5) is 0 Å². The molecule has 0 saturated heterocycles. The Hall–Kier alpha value is -1.34. The maximum atomic E-state index is 12.2. The number of sulfonamides is 1. The highest BCUT2D eigenvalue weighted by Gasteiger charge is 2.19. The topological polar surface area (TPSA) is 82.2 Å². The van der Waals surface area contributed by atoms with Gasteiger partial charge in [0.2, 0.25) is 10.0 Å². The van der Waals surface area contributed by atoms with Crippen molar-refractivity contribution in [3.05, 3.63) is 52.8 Å². The Morgan fingerprint density at radius 3 is 2.75 bits per heavy atom. The Kier molecular flexibility index (Phi) is 4.49. The Morgan fingerprint density at radius 1 is 1.40 bits per heavy atom. The van der Waals surface area contributed by atoms with Gasteiger partial charge in [0.15, 0.2) is 0 Å². The molecule has 2 aromatic rings. The summed E-state index contributed by atoms with van der Waals surface area (Å²) in [7, 11) is -3.65. The number of hydrogen-bond donors (Lipinski definition) is 3. The molecule has 0 aliphatic heterocycles. The number of H-pyrrole nitrogens is 1. The van der Waals surface area contributed by atoms with Crippen molar-refractivity contribution in [1.29, 1.82) is 0 Å². The molecule has 20 heavy (non-hydrogen) atoms. The lowest BCUT2D eigenvalue weighted by Gasteiger charge is -2.14. The molecule has 3 N–H and O–H groups in total. The Balaban J connectivity index is 2.19. The van der Waals surface area contributed by atoms with E-state index in [0.29, 0.717) is 10.7 Å². The second kappa shape index (κ2) is 5.97. The number of aromatic nitrogens is 1. The van der Waals surface area contributed by atoms with E-state index in [1.54, 1.807) is 31.2 Å². The molecule has 0 bridgehead atoms. The van der Waals surface area contributed by atoms with Crippen LogP contribution in [-0.2, 0) is 16.6 Å². The van der Waals surface area contributed by atoms with Gasteiger partial charge in [-0.05, 0) is 30.7 Å². The summed E-state index contributed by atoms with van der Waals surface area (Å²) in [6.45, 7) is 1.50. The number of nitrogens with one attached hydrogen (secondary N) is 2. The number of rotatable bonds is 5. The number of halogens is 1. The second-order valence-electron chi connectivity index (χ2n) is 4.42. The van der Waals surface area contributed by atoms with Crippen LogP contribution in [0.1, 0.15) is 24.2 Å². The molecule has 1 unspecified atom stereocenters. The van der Waals surface area contributed by atoms with E-state index < -0.39 is 16.1 Å². The van der Waals surface area contributed by atoms with E-state index in [1.807, 2.05) is 0 Å². The zero-order valence-electron chi connectivity index (χ0n) is 10.8. The highest BCUT2D eigenvalue weighted by atomic mass is 35.5. The summed E-state index contributed by atoms with van der Waals surface area (Å²) < 4.78 is 26.9. The van der Waals surface area contributed by atoms with Crippen molar-refractivity contribution in [2.24, 2.45) is 0 Å². The van der Waals surface area contributed by atoms with Crippen molar-refractivity contribution >= 4 is 21.6 Å². The van der Waals surface area contributed by atoms with Gasteiger partial charge in [-0.2, -0.15) is 0 Å². The van der Waals surface area contributed by atoms with Crippen LogP contribution in [0.25, 0.3) is 0 Å². The molecule has 108 valence electrons. The molecular weight excluding hydrogens is 300 g/mol. The van der Waals surface area contributed by atoms with Gasteiger partial charge in [0, 0.05) is 23.0 Å². The minimum atomic E-state index is -3.65. The van der Waals surface area contributed by atoms with E-state index >= 15 is 0 Å².